The minimum Gasteiger partial charge on any atom is -0.366 e. The molecule has 1 aromatic carbocycles. The number of benzene rings is 1. The molecule has 4 rings (SSSR count). The maximum absolute atomic E-state index is 4.62. The molecule has 1 aromatic heterocycles. The Morgan fingerprint density at radius 2 is 1.78 bits per heavy atom. The lowest BCUT2D eigenvalue weighted by Gasteiger charge is -2.38. The van der Waals surface area contributed by atoms with E-state index >= 15 is 0 Å². The molecule has 0 spiro atoms. The highest BCUT2D eigenvalue weighted by Gasteiger charge is 2.39. The summed E-state index contributed by atoms with van der Waals surface area (Å²) in [6.07, 6.45) is 6.10. The third kappa shape index (κ3) is 4.01. The Morgan fingerprint density at radius 1 is 1.07 bits per heavy atom. The van der Waals surface area contributed by atoms with Crippen molar-refractivity contribution in [2.75, 3.05) is 11.9 Å². The van der Waals surface area contributed by atoms with E-state index in [2.05, 4.69) is 77.6 Å². The quantitative estimate of drug-likeness (QED) is 0.802. The van der Waals surface area contributed by atoms with Crippen LogP contribution in [0.3, 0.4) is 0 Å². The molecule has 0 aliphatic carbocycles. The van der Waals surface area contributed by atoms with E-state index in [0.29, 0.717) is 12.0 Å². The molecule has 3 heterocycles. The zero-order valence-electron chi connectivity index (χ0n) is 16.9. The van der Waals surface area contributed by atoms with Crippen LogP contribution in [-0.4, -0.2) is 39.8 Å². The number of hydrogen-bond acceptors (Lipinski definition) is 4. The Morgan fingerprint density at radius 3 is 2.41 bits per heavy atom. The molecule has 2 bridgehead atoms. The Bertz CT molecular complexity index is 744. The number of hydrogen-bond donors (Lipinski definition) is 1. The van der Waals surface area contributed by atoms with E-state index in [4.69, 9.17) is 0 Å². The first-order valence-electron chi connectivity index (χ1n) is 10.6. The minimum absolute atomic E-state index is 0.513. The topological polar surface area (TPSA) is 41.0 Å². The van der Waals surface area contributed by atoms with E-state index < -0.39 is 0 Å². The molecular weight excluding hydrogens is 332 g/mol. The summed E-state index contributed by atoms with van der Waals surface area (Å²) in [4.78, 5) is 2.70. The number of piperidine rings is 1. The van der Waals surface area contributed by atoms with Gasteiger partial charge in [0.25, 0.3) is 0 Å². The van der Waals surface area contributed by atoms with Gasteiger partial charge < -0.3 is 5.32 Å². The second-order valence-corrected chi connectivity index (χ2v) is 8.58. The van der Waals surface area contributed by atoms with Crippen LogP contribution in [0.5, 0.6) is 0 Å². The van der Waals surface area contributed by atoms with Gasteiger partial charge in [0, 0.05) is 23.7 Å². The Hall–Kier alpha value is -1.94. The predicted molar refractivity (Wildman–Crippen MR) is 112 cm³/mol. The molecule has 2 fully saturated rings. The zero-order valence-corrected chi connectivity index (χ0v) is 16.9. The van der Waals surface area contributed by atoms with E-state index in [0.717, 1.165) is 30.0 Å². The van der Waals surface area contributed by atoms with Gasteiger partial charge in [-0.25, -0.2) is 0 Å². The van der Waals surface area contributed by atoms with Crippen LogP contribution in [-0.2, 0) is 6.42 Å². The summed E-state index contributed by atoms with van der Waals surface area (Å²) in [6, 6.07) is 14.8. The van der Waals surface area contributed by atoms with E-state index in [-0.39, 0.29) is 0 Å². The van der Waals surface area contributed by atoms with Crippen LogP contribution in [0.2, 0.25) is 0 Å². The molecule has 1 N–H and O–H groups in total. The lowest BCUT2D eigenvalue weighted by atomic mass is 9.96. The minimum atomic E-state index is 0.513. The number of rotatable bonds is 6. The number of anilines is 1. The molecular formula is C23H32N4. The fourth-order valence-corrected chi connectivity index (χ4v) is 5.01. The first kappa shape index (κ1) is 18.4. The monoisotopic (exact) mass is 364 g/mol. The second kappa shape index (κ2) is 7.97. The summed E-state index contributed by atoms with van der Waals surface area (Å²) >= 11 is 0. The molecule has 2 saturated heterocycles. The zero-order chi connectivity index (χ0) is 18.8. The highest BCUT2D eigenvalue weighted by atomic mass is 15.2. The summed E-state index contributed by atoms with van der Waals surface area (Å²) in [5.41, 5.74) is 3.55. The van der Waals surface area contributed by atoms with Crippen molar-refractivity contribution >= 4 is 5.82 Å². The fourth-order valence-electron chi connectivity index (χ4n) is 5.01. The van der Waals surface area contributed by atoms with E-state index in [9.17, 15) is 0 Å². The smallest absolute Gasteiger partial charge is 0.149 e. The van der Waals surface area contributed by atoms with Crippen LogP contribution in [0, 0.1) is 5.92 Å². The van der Waals surface area contributed by atoms with E-state index in [1.165, 1.54) is 43.4 Å². The Labute approximate surface area is 163 Å². The Kier molecular flexibility index (Phi) is 5.44. The summed E-state index contributed by atoms with van der Waals surface area (Å²) in [5, 5.41) is 12.9. The molecule has 0 saturated carbocycles. The fraction of sp³-hybridized carbons (Fsp3) is 0.565. The normalized spacial score (nSPS) is 25.1. The summed E-state index contributed by atoms with van der Waals surface area (Å²) in [5.74, 6) is 1.49. The molecule has 2 unspecified atom stereocenters. The molecule has 2 aliphatic heterocycles. The lowest BCUT2D eigenvalue weighted by Crippen LogP contribution is -2.46. The van der Waals surface area contributed by atoms with Gasteiger partial charge in [0.05, 0.1) is 5.69 Å². The van der Waals surface area contributed by atoms with Gasteiger partial charge in [-0.15, -0.1) is 5.10 Å². The molecule has 2 aliphatic rings. The van der Waals surface area contributed by atoms with Gasteiger partial charge in [0.1, 0.15) is 5.82 Å². The van der Waals surface area contributed by atoms with Crippen molar-refractivity contribution in [2.45, 2.75) is 71.0 Å². The van der Waals surface area contributed by atoms with Gasteiger partial charge in [-0.05, 0) is 56.2 Å². The van der Waals surface area contributed by atoms with Gasteiger partial charge in [-0.1, -0.05) is 51.1 Å². The van der Waals surface area contributed by atoms with Crippen LogP contribution < -0.4 is 5.32 Å². The maximum atomic E-state index is 4.62. The van der Waals surface area contributed by atoms with Crippen molar-refractivity contribution in [1.82, 2.24) is 15.1 Å². The second-order valence-electron chi connectivity index (χ2n) is 8.58. The van der Waals surface area contributed by atoms with Crippen LogP contribution in [0.15, 0.2) is 36.4 Å². The molecule has 4 nitrogen and oxygen atoms in total. The standard InChI is InChI=1S/C23H32N4/c1-4-27-19-10-11-20(27)14-18(13-19)24-23-15-21(17-8-6-5-7-9-17)22(25-26-23)12-16(2)3/h5-9,15-16,18-20H,4,10-14H2,1-3H3,(H,24,26). The average molecular weight is 365 g/mol. The van der Waals surface area contributed by atoms with Crippen molar-refractivity contribution < 1.29 is 0 Å². The number of aromatic nitrogens is 2. The van der Waals surface area contributed by atoms with Gasteiger partial charge in [-0.3, -0.25) is 4.90 Å². The summed E-state index contributed by atoms with van der Waals surface area (Å²) in [6.45, 7) is 7.95. The summed E-state index contributed by atoms with van der Waals surface area (Å²) < 4.78 is 0. The van der Waals surface area contributed by atoms with Crippen LogP contribution in [0.1, 0.15) is 52.1 Å². The van der Waals surface area contributed by atoms with Crippen molar-refractivity contribution in [2.24, 2.45) is 5.92 Å². The lowest BCUT2D eigenvalue weighted by molar-refractivity contribution is 0.140. The van der Waals surface area contributed by atoms with Crippen molar-refractivity contribution in [3.63, 3.8) is 0 Å². The highest BCUT2D eigenvalue weighted by molar-refractivity contribution is 5.68. The third-order valence-corrected chi connectivity index (χ3v) is 6.16. The number of nitrogens with zero attached hydrogens (tertiary/aromatic N) is 3. The van der Waals surface area contributed by atoms with E-state index in [1.54, 1.807) is 0 Å². The summed E-state index contributed by atoms with van der Waals surface area (Å²) in [7, 11) is 0. The number of nitrogens with one attached hydrogen (secondary N) is 1. The first-order valence-corrected chi connectivity index (χ1v) is 10.6. The molecule has 2 atom stereocenters. The predicted octanol–water partition coefficient (Wildman–Crippen LogP) is 4.77. The van der Waals surface area contributed by atoms with Crippen molar-refractivity contribution in [3.05, 3.63) is 42.1 Å². The first-order chi connectivity index (χ1) is 13.1. The van der Waals surface area contributed by atoms with Gasteiger partial charge >= 0.3 is 0 Å². The van der Waals surface area contributed by atoms with Crippen LogP contribution in [0.25, 0.3) is 11.1 Å². The highest BCUT2D eigenvalue weighted by Crippen LogP contribution is 2.36. The Balaban J connectivity index is 1.55. The molecule has 144 valence electrons. The average Bonchev–Trinajstić information content (AvgIpc) is 2.92. The molecule has 2 aromatic rings. The molecule has 0 radical (unpaired) electrons. The van der Waals surface area contributed by atoms with E-state index in [1.807, 2.05) is 0 Å². The maximum Gasteiger partial charge on any atom is 0.149 e. The SMILES string of the molecule is CCN1C2CCC1CC(Nc1cc(-c3ccccc3)c(CC(C)C)nn1)C2. The van der Waals surface area contributed by atoms with Crippen LogP contribution >= 0.6 is 0 Å². The third-order valence-electron chi connectivity index (χ3n) is 6.16. The molecule has 0 amide bonds. The number of fused-ring (bicyclic) bond motifs is 2. The van der Waals surface area contributed by atoms with Crippen molar-refractivity contribution in [1.29, 1.82) is 0 Å². The van der Waals surface area contributed by atoms with Crippen LogP contribution in [0.4, 0.5) is 5.82 Å². The van der Waals surface area contributed by atoms with Gasteiger partial charge in [0.15, 0.2) is 0 Å². The van der Waals surface area contributed by atoms with Gasteiger partial charge in [0.2, 0.25) is 0 Å². The molecule has 4 heteroatoms. The largest absolute Gasteiger partial charge is 0.366 e. The van der Waals surface area contributed by atoms with Gasteiger partial charge in [-0.2, -0.15) is 5.10 Å². The molecule has 27 heavy (non-hydrogen) atoms. The van der Waals surface area contributed by atoms with Crippen molar-refractivity contribution in [3.8, 4) is 11.1 Å².